The van der Waals surface area contributed by atoms with Crippen molar-refractivity contribution in [3.05, 3.63) is 0 Å². The Morgan fingerprint density at radius 3 is 2.25 bits per heavy atom. The fourth-order valence-corrected chi connectivity index (χ4v) is 2.45. The molecule has 0 spiro atoms. The van der Waals surface area contributed by atoms with Gasteiger partial charge >= 0.3 is 6.09 Å². The molecule has 0 aliphatic carbocycles. The molecule has 20 heavy (non-hydrogen) atoms. The summed E-state index contributed by atoms with van der Waals surface area (Å²) < 4.78 is 11.4. The van der Waals surface area contributed by atoms with E-state index < -0.39 is 5.60 Å². The summed E-state index contributed by atoms with van der Waals surface area (Å²) in [5.41, 5.74) is -0.416. The van der Waals surface area contributed by atoms with Crippen molar-refractivity contribution in [2.45, 2.75) is 78.6 Å². The second-order valence-electron chi connectivity index (χ2n) is 6.86. The first-order chi connectivity index (χ1) is 9.23. The number of likely N-dealkylation sites (tertiary alicyclic amines) is 1. The van der Waals surface area contributed by atoms with Gasteiger partial charge < -0.3 is 14.4 Å². The summed E-state index contributed by atoms with van der Waals surface area (Å²) in [6.07, 6.45) is 3.43. The molecule has 0 bridgehead atoms. The predicted molar refractivity (Wildman–Crippen MR) is 80.8 cm³/mol. The van der Waals surface area contributed by atoms with Gasteiger partial charge in [0.1, 0.15) is 5.60 Å². The maximum atomic E-state index is 12.0. The largest absolute Gasteiger partial charge is 0.444 e. The lowest BCUT2D eigenvalue weighted by Crippen LogP contribution is -2.43. The van der Waals surface area contributed by atoms with E-state index in [1.165, 1.54) is 0 Å². The highest BCUT2D eigenvalue weighted by molar-refractivity contribution is 5.68. The normalized spacial score (nSPS) is 20.6. The topological polar surface area (TPSA) is 38.8 Å². The SMILES string of the molecule is CCC(C)OC(C)C1CCN(C(=O)OC(C)(C)C)CC1. The van der Waals surface area contributed by atoms with Gasteiger partial charge in [0.25, 0.3) is 0 Å². The number of carbonyl (C=O) groups is 1. The van der Waals surface area contributed by atoms with Crippen molar-refractivity contribution in [1.82, 2.24) is 4.90 Å². The fourth-order valence-electron chi connectivity index (χ4n) is 2.45. The number of hydrogen-bond acceptors (Lipinski definition) is 3. The van der Waals surface area contributed by atoms with Gasteiger partial charge in [0.05, 0.1) is 12.2 Å². The van der Waals surface area contributed by atoms with Gasteiger partial charge in [-0.3, -0.25) is 0 Å². The first kappa shape index (κ1) is 17.3. The van der Waals surface area contributed by atoms with Crippen LogP contribution in [0.2, 0.25) is 0 Å². The lowest BCUT2D eigenvalue weighted by atomic mass is 9.92. The Bertz CT molecular complexity index is 303. The van der Waals surface area contributed by atoms with Crippen LogP contribution < -0.4 is 0 Å². The summed E-state index contributed by atoms with van der Waals surface area (Å²) in [5.74, 6) is 0.544. The number of piperidine rings is 1. The molecule has 0 N–H and O–H groups in total. The van der Waals surface area contributed by atoms with Gasteiger partial charge in [0, 0.05) is 13.1 Å². The molecule has 1 amide bonds. The fraction of sp³-hybridized carbons (Fsp3) is 0.938. The Morgan fingerprint density at radius 2 is 1.80 bits per heavy atom. The molecule has 1 aliphatic heterocycles. The van der Waals surface area contributed by atoms with Crippen LogP contribution in [0.4, 0.5) is 4.79 Å². The summed E-state index contributed by atoms with van der Waals surface area (Å²) in [7, 11) is 0. The summed E-state index contributed by atoms with van der Waals surface area (Å²) >= 11 is 0. The van der Waals surface area contributed by atoms with E-state index in [1.807, 2.05) is 25.7 Å². The average Bonchev–Trinajstić information content (AvgIpc) is 2.36. The number of hydrogen-bond donors (Lipinski definition) is 0. The Hall–Kier alpha value is -0.770. The van der Waals surface area contributed by atoms with E-state index in [0.717, 1.165) is 32.4 Å². The van der Waals surface area contributed by atoms with Crippen molar-refractivity contribution in [2.24, 2.45) is 5.92 Å². The van der Waals surface area contributed by atoms with Crippen molar-refractivity contribution >= 4 is 6.09 Å². The van der Waals surface area contributed by atoms with Gasteiger partial charge in [-0.15, -0.1) is 0 Å². The molecule has 118 valence electrons. The van der Waals surface area contributed by atoms with E-state index in [9.17, 15) is 4.79 Å². The van der Waals surface area contributed by atoms with E-state index in [-0.39, 0.29) is 12.2 Å². The van der Waals surface area contributed by atoms with Crippen molar-refractivity contribution in [2.75, 3.05) is 13.1 Å². The summed E-state index contributed by atoms with van der Waals surface area (Å²) in [4.78, 5) is 13.8. The maximum Gasteiger partial charge on any atom is 0.410 e. The molecule has 1 heterocycles. The van der Waals surface area contributed by atoms with Crippen LogP contribution in [0.25, 0.3) is 0 Å². The molecule has 1 fully saturated rings. The van der Waals surface area contributed by atoms with Crippen LogP contribution in [-0.4, -0.2) is 41.9 Å². The Labute approximate surface area is 123 Å². The van der Waals surface area contributed by atoms with Gasteiger partial charge in [-0.05, 0) is 59.8 Å². The Balaban J connectivity index is 2.38. The summed E-state index contributed by atoms with van der Waals surface area (Å²) in [6.45, 7) is 13.7. The van der Waals surface area contributed by atoms with E-state index >= 15 is 0 Å². The van der Waals surface area contributed by atoms with Crippen molar-refractivity contribution in [3.8, 4) is 0 Å². The summed E-state index contributed by atoms with van der Waals surface area (Å²) in [6, 6.07) is 0. The first-order valence-corrected chi connectivity index (χ1v) is 7.86. The number of ether oxygens (including phenoxy) is 2. The molecule has 1 aliphatic rings. The number of carbonyl (C=O) groups excluding carboxylic acids is 1. The zero-order valence-corrected chi connectivity index (χ0v) is 13.9. The minimum Gasteiger partial charge on any atom is -0.444 e. The lowest BCUT2D eigenvalue weighted by Gasteiger charge is -2.36. The van der Waals surface area contributed by atoms with Gasteiger partial charge in [-0.2, -0.15) is 0 Å². The van der Waals surface area contributed by atoms with Crippen molar-refractivity contribution in [1.29, 1.82) is 0 Å². The molecular weight excluding hydrogens is 254 g/mol. The second-order valence-corrected chi connectivity index (χ2v) is 6.86. The average molecular weight is 285 g/mol. The van der Waals surface area contributed by atoms with Crippen LogP contribution in [0.1, 0.15) is 60.8 Å². The smallest absolute Gasteiger partial charge is 0.410 e. The van der Waals surface area contributed by atoms with E-state index in [0.29, 0.717) is 12.0 Å². The van der Waals surface area contributed by atoms with E-state index in [2.05, 4.69) is 20.8 Å². The quantitative estimate of drug-likeness (QED) is 0.788. The molecule has 2 unspecified atom stereocenters. The van der Waals surface area contributed by atoms with Crippen LogP contribution in [0.15, 0.2) is 0 Å². The molecule has 1 rings (SSSR count). The molecule has 0 radical (unpaired) electrons. The van der Waals surface area contributed by atoms with Crippen molar-refractivity contribution < 1.29 is 14.3 Å². The molecule has 4 heteroatoms. The highest BCUT2D eigenvalue weighted by atomic mass is 16.6. The minimum atomic E-state index is -0.416. The molecule has 2 atom stereocenters. The Morgan fingerprint density at radius 1 is 1.25 bits per heavy atom. The van der Waals surface area contributed by atoms with Crippen LogP contribution in [0.3, 0.4) is 0 Å². The standard InChI is InChI=1S/C16H31NO3/c1-7-12(2)19-13(3)14-8-10-17(11-9-14)15(18)20-16(4,5)6/h12-14H,7-11H2,1-6H3. The molecule has 0 aromatic rings. The summed E-state index contributed by atoms with van der Waals surface area (Å²) in [5, 5.41) is 0. The van der Waals surface area contributed by atoms with Gasteiger partial charge in [0.2, 0.25) is 0 Å². The highest BCUT2D eigenvalue weighted by Crippen LogP contribution is 2.24. The number of rotatable bonds is 4. The van der Waals surface area contributed by atoms with Crippen LogP contribution in [0.5, 0.6) is 0 Å². The van der Waals surface area contributed by atoms with Crippen LogP contribution in [0, 0.1) is 5.92 Å². The number of nitrogens with zero attached hydrogens (tertiary/aromatic N) is 1. The first-order valence-electron chi connectivity index (χ1n) is 7.86. The third kappa shape index (κ3) is 5.70. The van der Waals surface area contributed by atoms with Crippen molar-refractivity contribution in [3.63, 3.8) is 0 Å². The van der Waals surface area contributed by atoms with Gasteiger partial charge in [0.15, 0.2) is 0 Å². The third-order valence-electron chi connectivity index (χ3n) is 3.88. The minimum absolute atomic E-state index is 0.188. The van der Waals surface area contributed by atoms with Gasteiger partial charge in [-0.25, -0.2) is 4.79 Å². The molecule has 4 nitrogen and oxygen atoms in total. The second kappa shape index (κ2) is 7.30. The Kier molecular flexibility index (Phi) is 6.31. The maximum absolute atomic E-state index is 12.0. The predicted octanol–water partition coefficient (Wildman–Crippen LogP) is 3.84. The third-order valence-corrected chi connectivity index (χ3v) is 3.88. The molecular formula is C16H31NO3. The van der Waals surface area contributed by atoms with Crippen LogP contribution >= 0.6 is 0 Å². The van der Waals surface area contributed by atoms with E-state index in [1.54, 1.807) is 0 Å². The number of amides is 1. The molecule has 1 saturated heterocycles. The zero-order chi connectivity index (χ0) is 15.3. The molecule has 0 saturated carbocycles. The van der Waals surface area contributed by atoms with Crippen LogP contribution in [-0.2, 0) is 9.47 Å². The monoisotopic (exact) mass is 285 g/mol. The van der Waals surface area contributed by atoms with Gasteiger partial charge in [-0.1, -0.05) is 6.92 Å². The molecule has 0 aromatic carbocycles. The van der Waals surface area contributed by atoms with E-state index in [4.69, 9.17) is 9.47 Å². The molecule has 0 aromatic heterocycles. The zero-order valence-electron chi connectivity index (χ0n) is 13.9. The lowest BCUT2D eigenvalue weighted by molar-refractivity contribution is -0.0427. The highest BCUT2D eigenvalue weighted by Gasteiger charge is 2.29.